The van der Waals surface area contributed by atoms with Crippen LogP contribution in [-0.4, -0.2) is 16.8 Å². The highest BCUT2D eigenvalue weighted by atomic mass is 127. The van der Waals surface area contributed by atoms with Gasteiger partial charge in [-0.3, -0.25) is 5.10 Å². The number of H-pyrrole nitrogens is 1. The Morgan fingerprint density at radius 3 is 3.29 bits per heavy atom. The number of nitrogens with one attached hydrogen (secondary N) is 1. The summed E-state index contributed by atoms with van der Waals surface area (Å²) in [5, 5.41) is 8.36. The van der Waals surface area contributed by atoms with Crippen LogP contribution in [0.5, 0.6) is 5.75 Å². The molecule has 4 heteroatoms. The van der Waals surface area contributed by atoms with Gasteiger partial charge in [0, 0.05) is 5.39 Å². The van der Waals surface area contributed by atoms with E-state index < -0.39 is 0 Å². The molecule has 0 amide bonds. The van der Waals surface area contributed by atoms with Gasteiger partial charge in [0.25, 0.3) is 0 Å². The van der Waals surface area contributed by atoms with Crippen molar-refractivity contribution < 1.29 is 4.74 Å². The molecular weight excluding hydrogens is 291 g/mol. The Hall–Kier alpha value is -0.780. The van der Waals surface area contributed by atoms with E-state index in [9.17, 15) is 0 Å². The van der Waals surface area contributed by atoms with Crippen LogP contribution in [0.1, 0.15) is 12.0 Å². The van der Waals surface area contributed by atoms with Crippen LogP contribution in [0.25, 0.3) is 10.9 Å². The van der Waals surface area contributed by atoms with Crippen molar-refractivity contribution >= 4 is 33.5 Å². The van der Waals surface area contributed by atoms with Gasteiger partial charge in [-0.2, -0.15) is 5.10 Å². The van der Waals surface area contributed by atoms with E-state index in [1.165, 1.54) is 5.56 Å². The van der Waals surface area contributed by atoms with E-state index in [0.29, 0.717) is 0 Å². The number of hydrogen-bond donors (Lipinski definition) is 1. The van der Waals surface area contributed by atoms with E-state index in [4.69, 9.17) is 4.74 Å². The molecule has 0 atom stereocenters. The monoisotopic (exact) mass is 300 g/mol. The maximum atomic E-state index is 5.61. The van der Waals surface area contributed by atoms with Gasteiger partial charge in [-0.1, -0.05) is 0 Å². The van der Waals surface area contributed by atoms with Gasteiger partial charge < -0.3 is 4.74 Å². The first-order chi connectivity index (χ1) is 6.84. The molecule has 0 bridgehead atoms. The van der Waals surface area contributed by atoms with Crippen LogP contribution in [0.15, 0.2) is 12.1 Å². The summed E-state index contributed by atoms with van der Waals surface area (Å²) in [6, 6.07) is 4.24. The maximum Gasteiger partial charge on any atom is 0.131 e. The summed E-state index contributed by atoms with van der Waals surface area (Å²) in [6.07, 6.45) is 2.23. The number of benzene rings is 1. The van der Waals surface area contributed by atoms with Gasteiger partial charge in [-0.15, -0.1) is 0 Å². The average molecular weight is 300 g/mol. The molecular formula is C10H9IN2O. The molecule has 0 spiro atoms. The fraction of sp³-hybridized carbons (Fsp3) is 0.300. The molecule has 0 fully saturated rings. The molecule has 0 saturated carbocycles. The third-order valence-corrected chi connectivity index (χ3v) is 3.37. The highest BCUT2D eigenvalue weighted by Crippen LogP contribution is 2.30. The second kappa shape index (κ2) is 3.12. The van der Waals surface area contributed by atoms with Gasteiger partial charge in [-0.25, -0.2) is 0 Å². The van der Waals surface area contributed by atoms with Crippen LogP contribution >= 0.6 is 22.6 Å². The number of aromatic amines is 1. The molecule has 0 saturated heterocycles. The van der Waals surface area contributed by atoms with Crippen LogP contribution in [0, 0.1) is 3.70 Å². The number of nitrogens with zero attached hydrogens (tertiary/aromatic N) is 1. The van der Waals surface area contributed by atoms with Gasteiger partial charge in [0.15, 0.2) is 0 Å². The molecule has 1 aliphatic heterocycles. The first-order valence-corrected chi connectivity index (χ1v) is 5.72. The highest BCUT2D eigenvalue weighted by molar-refractivity contribution is 14.1. The Labute approximate surface area is 95.0 Å². The maximum absolute atomic E-state index is 5.61. The van der Waals surface area contributed by atoms with E-state index in [0.717, 1.165) is 39.8 Å². The number of fused-ring (bicyclic) bond motifs is 2. The molecule has 14 heavy (non-hydrogen) atoms. The fourth-order valence-corrected chi connectivity index (χ4v) is 2.40. The molecule has 0 aliphatic carbocycles. The lowest BCUT2D eigenvalue weighted by Crippen LogP contribution is -2.07. The highest BCUT2D eigenvalue weighted by Gasteiger charge is 2.13. The second-order valence-electron chi connectivity index (χ2n) is 3.47. The van der Waals surface area contributed by atoms with Crippen LogP contribution in [0.4, 0.5) is 0 Å². The Balaban J connectivity index is 2.29. The Morgan fingerprint density at radius 2 is 2.36 bits per heavy atom. The lowest BCUT2D eigenvalue weighted by Gasteiger charge is -2.16. The summed E-state index contributed by atoms with van der Waals surface area (Å²) in [6.45, 7) is 0.840. The van der Waals surface area contributed by atoms with Crippen molar-refractivity contribution in [1.82, 2.24) is 10.2 Å². The topological polar surface area (TPSA) is 37.9 Å². The zero-order chi connectivity index (χ0) is 9.54. The van der Waals surface area contributed by atoms with Crippen LogP contribution in [-0.2, 0) is 6.42 Å². The molecule has 3 rings (SSSR count). The Kier molecular flexibility index (Phi) is 1.90. The minimum Gasteiger partial charge on any atom is -0.493 e. The molecule has 1 aromatic carbocycles. The summed E-state index contributed by atoms with van der Waals surface area (Å²) >= 11 is 2.23. The van der Waals surface area contributed by atoms with Gasteiger partial charge in [0.2, 0.25) is 0 Å². The fourth-order valence-electron chi connectivity index (χ4n) is 1.83. The van der Waals surface area contributed by atoms with Crippen molar-refractivity contribution in [2.45, 2.75) is 12.8 Å². The SMILES string of the molecule is Ic1n[nH]c2cc3c(cc12)OCCC3. The van der Waals surface area contributed by atoms with Gasteiger partial charge >= 0.3 is 0 Å². The second-order valence-corrected chi connectivity index (χ2v) is 4.49. The lowest BCUT2D eigenvalue weighted by molar-refractivity contribution is 0.289. The van der Waals surface area contributed by atoms with Crippen LogP contribution < -0.4 is 4.74 Å². The lowest BCUT2D eigenvalue weighted by atomic mass is 10.0. The quantitative estimate of drug-likeness (QED) is 0.759. The number of ether oxygens (including phenoxy) is 1. The smallest absolute Gasteiger partial charge is 0.131 e. The van der Waals surface area contributed by atoms with E-state index >= 15 is 0 Å². The predicted octanol–water partition coefficient (Wildman–Crippen LogP) is 2.49. The average Bonchev–Trinajstić information content (AvgIpc) is 2.57. The molecule has 1 aliphatic rings. The minimum absolute atomic E-state index is 0.840. The standard InChI is InChI=1S/C10H9IN2O/c11-10-7-5-9-6(2-1-3-14-9)4-8(7)12-13-10/h4-5H,1-3H2,(H,12,13). The number of aryl methyl sites for hydroxylation is 1. The molecule has 72 valence electrons. The van der Waals surface area contributed by atoms with Crippen molar-refractivity contribution in [3.63, 3.8) is 0 Å². The summed E-state index contributed by atoms with van der Waals surface area (Å²) in [5.41, 5.74) is 2.41. The van der Waals surface area contributed by atoms with Crippen LogP contribution in [0.3, 0.4) is 0 Å². The zero-order valence-electron chi connectivity index (χ0n) is 7.51. The van der Waals surface area contributed by atoms with E-state index in [1.807, 2.05) is 0 Å². The first-order valence-electron chi connectivity index (χ1n) is 4.64. The summed E-state index contributed by atoms with van der Waals surface area (Å²) in [4.78, 5) is 0. The summed E-state index contributed by atoms with van der Waals surface area (Å²) < 4.78 is 6.62. The Morgan fingerprint density at radius 1 is 1.43 bits per heavy atom. The van der Waals surface area contributed by atoms with E-state index in [1.54, 1.807) is 0 Å². The Bertz CT molecular complexity index is 492. The number of hydrogen-bond acceptors (Lipinski definition) is 2. The van der Waals surface area contributed by atoms with Gasteiger partial charge in [-0.05, 0) is 53.1 Å². The predicted molar refractivity (Wildman–Crippen MR) is 62.6 cm³/mol. The molecule has 1 N–H and O–H groups in total. The number of halogens is 1. The van der Waals surface area contributed by atoms with E-state index in [2.05, 4.69) is 44.9 Å². The van der Waals surface area contributed by atoms with Crippen molar-refractivity contribution in [3.8, 4) is 5.75 Å². The van der Waals surface area contributed by atoms with E-state index in [-0.39, 0.29) is 0 Å². The van der Waals surface area contributed by atoms with Crippen molar-refractivity contribution in [2.75, 3.05) is 6.61 Å². The van der Waals surface area contributed by atoms with Crippen LogP contribution in [0.2, 0.25) is 0 Å². The zero-order valence-corrected chi connectivity index (χ0v) is 9.67. The molecule has 2 heterocycles. The van der Waals surface area contributed by atoms with Crippen molar-refractivity contribution in [1.29, 1.82) is 0 Å². The largest absolute Gasteiger partial charge is 0.493 e. The number of aromatic nitrogens is 2. The van der Waals surface area contributed by atoms with Crippen molar-refractivity contribution in [3.05, 3.63) is 21.4 Å². The first kappa shape index (κ1) is 8.52. The van der Waals surface area contributed by atoms with Crippen molar-refractivity contribution in [2.24, 2.45) is 0 Å². The van der Waals surface area contributed by atoms with Gasteiger partial charge in [0.1, 0.15) is 9.45 Å². The summed E-state index contributed by atoms with van der Waals surface area (Å²) in [5.74, 6) is 1.03. The minimum atomic E-state index is 0.840. The molecule has 2 aromatic rings. The normalized spacial score (nSPS) is 15.2. The molecule has 0 unspecified atom stereocenters. The molecule has 3 nitrogen and oxygen atoms in total. The number of rotatable bonds is 0. The van der Waals surface area contributed by atoms with Gasteiger partial charge in [0.05, 0.1) is 12.1 Å². The summed E-state index contributed by atoms with van der Waals surface area (Å²) in [7, 11) is 0. The third-order valence-electron chi connectivity index (χ3n) is 2.55. The molecule has 0 radical (unpaired) electrons. The molecule has 1 aromatic heterocycles. The third kappa shape index (κ3) is 1.20.